The Hall–Kier alpha value is -1.75. The van der Waals surface area contributed by atoms with Crippen LogP contribution in [0.1, 0.15) is 86.5 Å². The second-order valence-corrected chi connectivity index (χ2v) is 11.6. The number of esters is 1. The van der Waals surface area contributed by atoms with E-state index in [2.05, 4.69) is 46.8 Å². The number of rotatable bonds is 6. The second kappa shape index (κ2) is 9.85. The van der Waals surface area contributed by atoms with Crippen LogP contribution in [0.5, 0.6) is 0 Å². The highest BCUT2D eigenvalue weighted by Crippen LogP contribution is 2.58. The molecule has 0 aromatic heterocycles. The van der Waals surface area contributed by atoms with E-state index in [1.807, 2.05) is 0 Å². The van der Waals surface area contributed by atoms with Crippen LogP contribution < -0.4 is 0 Å². The van der Waals surface area contributed by atoms with Crippen LogP contribution in [-0.4, -0.2) is 34.3 Å². The summed E-state index contributed by atoms with van der Waals surface area (Å²) < 4.78 is 5.59. The molecule has 0 aliphatic heterocycles. The van der Waals surface area contributed by atoms with Gasteiger partial charge in [0.05, 0.1) is 6.10 Å². The number of aliphatic hydroxyl groups is 1. The van der Waals surface area contributed by atoms with Gasteiger partial charge in [-0.3, -0.25) is 9.59 Å². The van der Waals surface area contributed by atoms with Crippen LogP contribution in [0.15, 0.2) is 23.8 Å². The highest BCUT2D eigenvalue weighted by atomic mass is 16.6. The van der Waals surface area contributed by atoms with Gasteiger partial charge in [0.15, 0.2) is 17.2 Å². The second-order valence-electron chi connectivity index (χ2n) is 11.6. The maximum absolute atomic E-state index is 12.9. The normalized spacial score (nSPS) is 38.1. The number of aliphatic hydroxyl groups excluding tert-OH is 1. The fourth-order valence-corrected chi connectivity index (χ4v) is 6.21. The molecule has 0 unspecified atom stereocenters. The number of Topliss-reactive ketones (excluding diaryl/α,β-unsaturated/α-hetero) is 2. The zero-order valence-corrected chi connectivity index (χ0v) is 21.2. The summed E-state index contributed by atoms with van der Waals surface area (Å²) in [5.41, 5.74) is -0.673. The Kier molecular flexibility index (Phi) is 7.72. The molecule has 3 aliphatic carbocycles. The first kappa shape index (κ1) is 25.9. The van der Waals surface area contributed by atoms with Gasteiger partial charge in [-0.05, 0) is 74.0 Å². The van der Waals surface area contributed by atoms with Crippen molar-refractivity contribution in [2.45, 2.75) is 98.2 Å². The molecule has 0 saturated heterocycles. The summed E-state index contributed by atoms with van der Waals surface area (Å²) in [7, 11) is 0. The highest BCUT2D eigenvalue weighted by Gasteiger charge is 2.53. The number of hydrogen-bond donors (Lipinski definition) is 1. The molecule has 1 N–H and O–H groups in total. The molecule has 3 fully saturated rings. The molecule has 7 atom stereocenters. The Morgan fingerprint density at radius 1 is 1.06 bits per heavy atom. The minimum Gasteiger partial charge on any atom is -0.448 e. The highest BCUT2D eigenvalue weighted by molar-refractivity contribution is 6.02. The van der Waals surface area contributed by atoms with Crippen molar-refractivity contribution in [3.63, 3.8) is 0 Å². The van der Waals surface area contributed by atoms with E-state index in [0.29, 0.717) is 48.5 Å². The maximum Gasteiger partial charge on any atom is 0.332 e. The molecule has 5 heteroatoms. The van der Waals surface area contributed by atoms with Gasteiger partial charge in [0.1, 0.15) is 0 Å². The molecule has 0 spiro atoms. The molecule has 0 heterocycles. The van der Waals surface area contributed by atoms with E-state index in [0.717, 1.165) is 19.3 Å². The van der Waals surface area contributed by atoms with Gasteiger partial charge in [-0.25, -0.2) is 4.79 Å². The standard InChI is InChI=1S/C28H42O5/c1-17(2)18(3)7-8-19(4)22-9-10-23-21(24(30)12-13-27(22,23)5)16-26(32)33-28(6)14-11-20(29)15-25(28)31/h7-8,16-20,22-23,29H,9-15H2,1-6H3/b8-7+,21-16-/t18-,19-,20-,22+,23-,27+,28+/m0/s1. The van der Waals surface area contributed by atoms with Gasteiger partial charge in [0.25, 0.3) is 0 Å². The molecule has 184 valence electrons. The molecule has 5 nitrogen and oxygen atoms in total. The van der Waals surface area contributed by atoms with Gasteiger partial charge >= 0.3 is 5.97 Å². The van der Waals surface area contributed by atoms with Gasteiger partial charge < -0.3 is 9.84 Å². The van der Waals surface area contributed by atoms with Crippen molar-refractivity contribution in [1.29, 1.82) is 0 Å². The lowest BCUT2D eigenvalue weighted by Crippen LogP contribution is -2.46. The first-order valence-electron chi connectivity index (χ1n) is 12.7. The van der Waals surface area contributed by atoms with Crippen molar-refractivity contribution in [2.24, 2.45) is 35.0 Å². The fraction of sp³-hybridized carbons (Fsp3) is 0.750. The molecule has 33 heavy (non-hydrogen) atoms. The third-order valence-electron chi connectivity index (χ3n) is 8.97. The third-order valence-corrected chi connectivity index (χ3v) is 8.97. The van der Waals surface area contributed by atoms with Crippen LogP contribution >= 0.6 is 0 Å². The summed E-state index contributed by atoms with van der Waals surface area (Å²) in [4.78, 5) is 38.1. The minimum atomic E-state index is -1.22. The summed E-state index contributed by atoms with van der Waals surface area (Å²) in [5.74, 6) is 1.21. The summed E-state index contributed by atoms with van der Waals surface area (Å²) in [6, 6.07) is 0. The number of fused-ring (bicyclic) bond motifs is 1. The van der Waals surface area contributed by atoms with Gasteiger partial charge in [-0.1, -0.05) is 46.8 Å². The van der Waals surface area contributed by atoms with Crippen molar-refractivity contribution < 1.29 is 24.2 Å². The first-order chi connectivity index (χ1) is 15.4. The van der Waals surface area contributed by atoms with E-state index in [4.69, 9.17) is 4.74 Å². The fourth-order valence-electron chi connectivity index (χ4n) is 6.21. The zero-order valence-electron chi connectivity index (χ0n) is 21.2. The van der Waals surface area contributed by atoms with Crippen LogP contribution in [-0.2, 0) is 19.1 Å². The van der Waals surface area contributed by atoms with E-state index in [1.165, 1.54) is 6.08 Å². The number of allylic oxidation sites excluding steroid dienone is 3. The van der Waals surface area contributed by atoms with Gasteiger partial charge in [0.2, 0.25) is 0 Å². The minimum absolute atomic E-state index is 0.00247. The molecule has 0 aromatic carbocycles. The number of carbonyl (C=O) groups excluding carboxylic acids is 3. The molecule has 0 amide bonds. The molecule has 0 bridgehead atoms. The lowest BCUT2D eigenvalue weighted by Gasteiger charge is -2.43. The molecule has 3 aliphatic rings. The summed E-state index contributed by atoms with van der Waals surface area (Å²) >= 11 is 0. The molecule has 0 aromatic rings. The van der Waals surface area contributed by atoms with Crippen molar-refractivity contribution >= 4 is 17.5 Å². The Labute approximate surface area is 199 Å². The summed E-state index contributed by atoms with van der Waals surface area (Å²) in [5, 5.41) is 9.72. The summed E-state index contributed by atoms with van der Waals surface area (Å²) in [6.07, 6.45) is 9.34. The molecule has 3 rings (SSSR count). The largest absolute Gasteiger partial charge is 0.448 e. The molecular weight excluding hydrogens is 416 g/mol. The monoisotopic (exact) mass is 458 g/mol. The molecule has 3 saturated carbocycles. The van der Waals surface area contributed by atoms with Crippen molar-refractivity contribution in [3.05, 3.63) is 23.8 Å². The Balaban J connectivity index is 1.76. The van der Waals surface area contributed by atoms with Crippen LogP contribution in [0, 0.1) is 35.0 Å². The average molecular weight is 459 g/mol. The van der Waals surface area contributed by atoms with Crippen LogP contribution in [0.2, 0.25) is 0 Å². The predicted molar refractivity (Wildman–Crippen MR) is 128 cm³/mol. The number of carbonyl (C=O) groups is 3. The van der Waals surface area contributed by atoms with Crippen molar-refractivity contribution in [3.8, 4) is 0 Å². The lowest BCUT2D eigenvalue weighted by atomic mass is 9.61. The molecule has 0 radical (unpaired) electrons. The molecular formula is C28H42O5. The maximum atomic E-state index is 12.9. The quantitative estimate of drug-likeness (QED) is 0.336. The zero-order chi connectivity index (χ0) is 24.6. The topological polar surface area (TPSA) is 80.7 Å². The lowest BCUT2D eigenvalue weighted by molar-refractivity contribution is -0.167. The van der Waals surface area contributed by atoms with E-state index in [9.17, 15) is 19.5 Å². The van der Waals surface area contributed by atoms with E-state index in [1.54, 1.807) is 6.92 Å². The van der Waals surface area contributed by atoms with Crippen LogP contribution in [0.4, 0.5) is 0 Å². The van der Waals surface area contributed by atoms with Gasteiger partial charge in [-0.2, -0.15) is 0 Å². The summed E-state index contributed by atoms with van der Waals surface area (Å²) in [6.45, 7) is 12.9. The Morgan fingerprint density at radius 2 is 1.76 bits per heavy atom. The third kappa shape index (κ3) is 5.34. The average Bonchev–Trinajstić information content (AvgIpc) is 3.09. The Morgan fingerprint density at radius 3 is 2.39 bits per heavy atom. The predicted octanol–water partition coefficient (Wildman–Crippen LogP) is 5.21. The van der Waals surface area contributed by atoms with Gasteiger partial charge in [-0.15, -0.1) is 0 Å². The number of ketones is 2. The first-order valence-corrected chi connectivity index (χ1v) is 12.7. The van der Waals surface area contributed by atoms with Crippen LogP contribution in [0.3, 0.4) is 0 Å². The number of ether oxygens (including phenoxy) is 1. The van der Waals surface area contributed by atoms with Crippen molar-refractivity contribution in [2.75, 3.05) is 0 Å². The smallest absolute Gasteiger partial charge is 0.332 e. The Bertz CT molecular complexity index is 839. The van der Waals surface area contributed by atoms with E-state index >= 15 is 0 Å². The van der Waals surface area contributed by atoms with Gasteiger partial charge in [0, 0.05) is 24.5 Å². The number of hydrogen-bond acceptors (Lipinski definition) is 5. The van der Waals surface area contributed by atoms with Crippen molar-refractivity contribution in [1.82, 2.24) is 0 Å². The van der Waals surface area contributed by atoms with E-state index < -0.39 is 17.7 Å². The van der Waals surface area contributed by atoms with Crippen LogP contribution in [0.25, 0.3) is 0 Å². The SMILES string of the molecule is CC(C)[C@@H](C)/C=C/[C@H](C)[C@H]1CC[C@H]2/C(=C/C(=O)O[C@]3(C)CC[C@H](O)CC3=O)C(=O)CC[C@]12C. The van der Waals surface area contributed by atoms with E-state index in [-0.39, 0.29) is 29.3 Å².